The molecule has 3 heterocycles. The van der Waals surface area contributed by atoms with Crippen molar-refractivity contribution in [2.24, 2.45) is 4.99 Å². The zero-order valence-corrected chi connectivity index (χ0v) is 18.8. The molecule has 1 aromatic rings. The summed E-state index contributed by atoms with van der Waals surface area (Å²) in [6, 6.07) is 4.35. The molecule has 0 saturated carbocycles. The highest BCUT2D eigenvalue weighted by molar-refractivity contribution is 5.79. The van der Waals surface area contributed by atoms with Gasteiger partial charge in [-0.25, -0.2) is 4.98 Å². The highest BCUT2D eigenvalue weighted by atomic mass is 16.5. The van der Waals surface area contributed by atoms with Gasteiger partial charge >= 0.3 is 0 Å². The Labute approximate surface area is 181 Å². The van der Waals surface area contributed by atoms with E-state index >= 15 is 0 Å². The van der Waals surface area contributed by atoms with Crippen LogP contribution in [0.1, 0.15) is 50.5 Å². The van der Waals surface area contributed by atoms with Crippen LogP contribution in [0.5, 0.6) is 0 Å². The van der Waals surface area contributed by atoms with Gasteiger partial charge in [0, 0.05) is 66.3 Å². The molecule has 2 fully saturated rings. The van der Waals surface area contributed by atoms with E-state index in [0.717, 1.165) is 77.0 Å². The fraction of sp³-hybridized carbons (Fsp3) is 0.739. The lowest BCUT2D eigenvalue weighted by Gasteiger charge is -2.34. The third-order valence-electron chi connectivity index (χ3n) is 5.99. The minimum Gasteiger partial charge on any atom is -0.385 e. The maximum atomic E-state index is 5.97. The lowest BCUT2D eigenvalue weighted by Crippen LogP contribution is -2.46. The van der Waals surface area contributed by atoms with Crippen molar-refractivity contribution in [2.75, 3.05) is 58.5 Å². The van der Waals surface area contributed by atoms with Crippen LogP contribution in [0, 0.1) is 0 Å². The average Bonchev–Trinajstić information content (AvgIpc) is 3.08. The number of hydrogen-bond donors (Lipinski definition) is 1. The molecule has 3 rings (SSSR count). The van der Waals surface area contributed by atoms with Crippen LogP contribution in [-0.4, -0.2) is 75.5 Å². The second kappa shape index (κ2) is 12.7. The Morgan fingerprint density at radius 2 is 1.87 bits per heavy atom. The minimum atomic E-state index is 0.354. The quantitative estimate of drug-likeness (QED) is 0.399. The molecule has 0 aromatic carbocycles. The van der Waals surface area contributed by atoms with E-state index in [-0.39, 0.29) is 0 Å². The number of methoxy groups -OCH3 is 1. The molecule has 168 valence electrons. The Morgan fingerprint density at radius 1 is 1.10 bits per heavy atom. The van der Waals surface area contributed by atoms with Gasteiger partial charge in [-0.2, -0.15) is 0 Å². The van der Waals surface area contributed by atoms with Gasteiger partial charge in [-0.3, -0.25) is 4.99 Å². The topological polar surface area (TPSA) is 62.2 Å². The number of nitrogens with zero attached hydrogens (tertiary/aromatic N) is 4. The molecule has 0 spiro atoms. The smallest absolute Gasteiger partial charge is 0.193 e. The summed E-state index contributed by atoms with van der Waals surface area (Å²) < 4.78 is 11.0. The summed E-state index contributed by atoms with van der Waals surface area (Å²) in [7, 11) is 3.59. The fourth-order valence-corrected chi connectivity index (χ4v) is 4.21. The Hall–Kier alpha value is -1.86. The van der Waals surface area contributed by atoms with Crippen LogP contribution in [0.3, 0.4) is 0 Å². The van der Waals surface area contributed by atoms with Gasteiger partial charge in [-0.15, -0.1) is 0 Å². The van der Waals surface area contributed by atoms with E-state index in [9.17, 15) is 0 Å². The molecular weight excluding hydrogens is 378 g/mol. The summed E-state index contributed by atoms with van der Waals surface area (Å²) in [6.45, 7) is 6.50. The molecule has 0 bridgehead atoms. The molecule has 2 aliphatic heterocycles. The van der Waals surface area contributed by atoms with E-state index in [2.05, 4.69) is 32.2 Å². The van der Waals surface area contributed by atoms with Crippen molar-refractivity contribution in [3.63, 3.8) is 0 Å². The van der Waals surface area contributed by atoms with Gasteiger partial charge in [0.2, 0.25) is 0 Å². The number of likely N-dealkylation sites (tertiary alicyclic amines) is 1. The molecule has 0 atom stereocenters. The summed E-state index contributed by atoms with van der Waals surface area (Å²) in [5.74, 6) is 2.07. The largest absolute Gasteiger partial charge is 0.385 e. The zero-order valence-electron chi connectivity index (χ0n) is 18.8. The Morgan fingerprint density at radius 3 is 2.50 bits per heavy atom. The number of aromatic nitrogens is 1. The molecule has 0 unspecified atom stereocenters. The highest BCUT2D eigenvalue weighted by Crippen LogP contribution is 2.18. The van der Waals surface area contributed by atoms with Gasteiger partial charge in [0.1, 0.15) is 5.82 Å². The van der Waals surface area contributed by atoms with E-state index in [1.807, 2.05) is 13.2 Å². The maximum absolute atomic E-state index is 5.97. The van der Waals surface area contributed by atoms with Crippen LogP contribution >= 0.6 is 0 Å². The Kier molecular flexibility index (Phi) is 9.70. The van der Waals surface area contributed by atoms with Gasteiger partial charge in [0.15, 0.2) is 5.96 Å². The fourth-order valence-electron chi connectivity index (χ4n) is 4.21. The first-order valence-electron chi connectivity index (χ1n) is 11.6. The van der Waals surface area contributed by atoms with Crippen LogP contribution < -0.4 is 10.2 Å². The number of pyridine rings is 1. The van der Waals surface area contributed by atoms with Crippen LogP contribution in [-0.2, 0) is 16.0 Å². The van der Waals surface area contributed by atoms with Crippen molar-refractivity contribution < 1.29 is 9.47 Å². The SMILES string of the molecule is CN=C(NCc1ccc(N2CCCCCC2)nc1)N1CCC(OCCCOC)CC1. The normalized spacial score (nSPS) is 19.1. The van der Waals surface area contributed by atoms with E-state index in [0.29, 0.717) is 6.10 Å². The minimum absolute atomic E-state index is 0.354. The van der Waals surface area contributed by atoms with E-state index in [1.54, 1.807) is 7.11 Å². The monoisotopic (exact) mass is 417 g/mol. The van der Waals surface area contributed by atoms with Crippen LogP contribution in [0.4, 0.5) is 5.82 Å². The van der Waals surface area contributed by atoms with Gasteiger partial charge in [-0.05, 0) is 43.7 Å². The first-order chi connectivity index (χ1) is 14.8. The van der Waals surface area contributed by atoms with E-state index < -0.39 is 0 Å². The van der Waals surface area contributed by atoms with Crippen molar-refractivity contribution in [2.45, 2.75) is 57.6 Å². The van der Waals surface area contributed by atoms with Gasteiger partial charge in [-0.1, -0.05) is 18.9 Å². The number of piperidine rings is 1. The molecular formula is C23H39N5O2. The number of anilines is 1. The predicted octanol–water partition coefficient (Wildman–Crippen LogP) is 3.05. The highest BCUT2D eigenvalue weighted by Gasteiger charge is 2.21. The molecule has 0 radical (unpaired) electrons. The van der Waals surface area contributed by atoms with Crippen molar-refractivity contribution in [1.82, 2.24) is 15.2 Å². The van der Waals surface area contributed by atoms with Crippen molar-refractivity contribution in [3.8, 4) is 0 Å². The van der Waals surface area contributed by atoms with Gasteiger partial charge in [0.25, 0.3) is 0 Å². The van der Waals surface area contributed by atoms with E-state index in [1.165, 1.54) is 31.2 Å². The third kappa shape index (κ3) is 7.13. The molecule has 2 aliphatic rings. The second-order valence-corrected chi connectivity index (χ2v) is 8.23. The number of hydrogen-bond acceptors (Lipinski definition) is 5. The van der Waals surface area contributed by atoms with Crippen LogP contribution in [0.25, 0.3) is 0 Å². The predicted molar refractivity (Wildman–Crippen MR) is 122 cm³/mol. The average molecular weight is 418 g/mol. The van der Waals surface area contributed by atoms with E-state index in [4.69, 9.17) is 14.5 Å². The molecule has 30 heavy (non-hydrogen) atoms. The number of ether oxygens (including phenoxy) is 2. The lowest BCUT2D eigenvalue weighted by atomic mass is 10.1. The summed E-state index contributed by atoms with van der Waals surface area (Å²) in [4.78, 5) is 14.0. The molecule has 0 aliphatic carbocycles. The van der Waals surface area contributed by atoms with Crippen LogP contribution in [0.2, 0.25) is 0 Å². The van der Waals surface area contributed by atoms with Crippen molar-refractivity contribution >= 4 is 11.8 Å². The number of guanidine groups is 1. The number of nitrogens with one attached hydrogen (secondary N) is 1. The first kappa shape index (κ1) is 22.8. The van der Waals surface area contributed by atoms with Crippen molar-refractivity contribution in [3.05, 3.63) is 23.9 Å². The molecule has 1 N–H and O–H groups in total. The van der Waals surface area contributed by atoms with Crippen LogP contribution in [0.15, 0.2) is 23.3 Å². The summed E-state index contributed by atoms with van der Waals surface area (Å²) in [6.07, 6.45) is 10.6. The molecule has 0 amide bonds. The van der Waals surface area contributed by atoms with Gasteiger partial charge in [0.05, 0.1) is 6.10 Å². The number of rotatable bonds is 8. The molecule has 7 nitrogen and oxygen atoms in total. The molecule has 7 heteroatoms. The lowest BCUT2D eigenvalue weighted by molar-refractivity contribution is 0.00989. The van der Waals surface area contributed by atoms with Crippen molar-refractivity contribution in [1.29, 1.82) is 0 Å². The molecule has 2 saturated heterocycles. The number of aliphatic imine (C=N–C) groups is 1. The zero-order chi connectivity index (χ0) is 21.0. The standard InChI is InChI=1S/C23H39N5O2/c1-24-23(28-14-10-21(11-15-28)30-17-7-16-29-2)26-19-20-8-9-22(25-18-20)27-12-5-3-4-6-13-27/h8-9,18,21H,3-7,10-17,19H2,1-2H3,(H,24,26). The summed E-state index contributed by atoms with van der Waals surface area (Å²) >= 11 is 0. The first-order valence-corrected chi connectivity index (χ1v) is 11.6. The summed E-state index contributed by atoms with van der Waals surface area (Å²) in [5.41, 5.74) is 1.19. The maximum Gasteiger partial charge on any atom is 0.193 e. The summed E-state index contributed by atoms with van der Waals surface area (Å²) in [5, 5.41) is 3.50. The third-order valence-corrected chi connectivity index (χ3v) is 5.99. The Bertz CT molecular complexity index is 621. The Balaban J connectivity index is 1.41. The van der Waals surface area contributed by atoms with Gasteiger partial charge < -0.3 is 24.6 Å². The second-order valence-electron chi connectivity index (χ2n) is 8.23. The molecule has 1 aromatic heterocycles.